The van der Waals surface area contributed by atoms with Crippen molar-refractivity contribution in [2.75, 3.05) is 0 Å². The van der Waals surface area contributed by atoms with Crippen LogP contribution in [0.15, 0.2) is 164 Å². The van der Waals surface area contributed by atoms with Crippen LogP contribution in [-0.2, 0) is 0 Å². The lowest BCUT2D eigenvalue weighted by Gasteiger charge is -2.12. The van der Waals surface area contributed by atoms with Gasteiger partial charge in [-0.1, -0.05) is 133 Å². The molecule has 0 aliphatic rings. The molecular formula is C43H27N3. The second-order valence-electron chi connectivity index (χ2n) is 11.6. The zero-order valence-corrected chi connectivity index (χ0v) is 24.9. The van der Waals surface area contributed by atoms with Crippen molar-refractivity contribution in [1.29, 1.82) is 0 Å². The van der Waals surface area contributed by atoms with Crippen molar-refractivity contribution < 1.29 is 0 Å². The van der Waals surface area contributed by atoms with E-state index in [1.165, 1.54) is 26.9 Å². The Morgan fingerprint density at radius 2 is 0.826 bits per heavy atom. The summed E-state index contributed by atoms with van der Waals surface area (Å²) in [7, 11) is 0. The lowest BCUT2D eigenvalue weighted by molar-refractivity contribution is 1.23. The molecule has 0 saturated heterocycles. The molecule has 0 aliphatic carbocycles. The molecule has 2 heterocycles. The van der Waals surface area contributed by atoms with E-state index in [2.05, 4.69) is 146 Å². The third-order valence-corrected chi connectivity index (χ3v) is 8.85. The van der Waals surface area contributed by atoms with E-state index in [1.54, 1.807) is 0 Å². The fraction of sp³-hybridized carbons (Fsp3) is 0. The minimum atomic E-state index is 0.714. The smallest absolute Gasteiger partial charge is 0.160 e. The Kier molecular flexibility index (Phi) is 6.14. The van der Waals surface area contributed by atoms with Crippen LogP contribution in [0.1, 0.15) is 0 Å². The zero-order valence-electron chi connectivity index (χ0n) is 24.9. The molecule has 0 fully saturated rings. The van der Waals surface area contributed by atoms with Gasteiger partial charge in [0.15, 0.2) is 5.82 Å². The van der Waals surface area contributed by atoms with Gasteiger partial charge >= 0.3 is 0 Å². The van der Waals surface area contributed by atoms with E-state index >= 15 is 0 Å². The highest BCUT2D eigenvalue weighted by molar-refractivity contribution is 6.24. The fourth-order valence-corrected chi connectivity index (χ4v) is 6.64. The molecule has 214 valence electrons. The minimum Gasteiger partial charge on any atom is -0.247 e. The maximum atomic E-state index is 5.27. The number of hydrogen-bond acceptors (Lipinski definition) is 3. The topological polar surface area (TPSA) is 38.7 Å². The van der Waals surface area contributed by atoms with Gasteiger partial charge < -0.3 is 0 Å². The second-order valence-corrected chi connectivity index (χ2v) is 11.6. The number of aromatic nitrogens is 3. The highest BCUT2D eigenvalue weighted by Gasteiger charge is 2.14. The summed E-state index contributed by atoms with van der Waals surface area (Å²) in [5, 5.41) is 7.11. The molecule has 0 saturated carbocycles. The maximum absolute atomic E-state index is 5.27. The van der Waals surface area contributed by atoms with Gasteiger partial charge in [-0.3, -0.25) is 0 Å². The van der Waals surface area contributed by atoms with Gasteiger partial charge in [-0.05, 0) is 57.6 Å². The summed E-state index contributed by atoms with van der Waals surface area (Å²) < 4.78 is 0. The summed E-state index contributed by atoms with van der Waals surface area (Å²) in [4.78, 5) is 15.4. The van der Waals surface area contributed by atoms with E-state index in [0.717, 1.165) is 55.6 Å². The SMILES string of the molecule is c1ccc(-c2nc(-c3cccc(-c4cccc(-c5ccc6c7ccccc7c7ccccc7c6n5)c4)c3)nc3ccccc23)cc1. The minimum absolute atomic E-state index is 0.714. The average Bonchev–Trinajstić information content (AvgIpc) is 3.15. The van der Waals surface area contributed by atoms with Crippen molar-refractivity contribution in [2.24, 2.45) is 0 Å². The molecule has 46 heavy (non-hydrogen) atoms. The number of benzene rings is 7. The molecule has 3 nitrogen and oxygen atoms in total. The monoisotopic (exact) mass is 585 g/mol. The van der Waals surface area contributed by atoms with Gasteiger partial charge in [0.25, 0.3) is 0 Å². The van der Waals surface area contributed by atoms with Gasteiger partial charge in [0.1, 0.15) is 0 Å². The summed E-state index contributed by atoms with van der Waals surface area (Å²) in [6.45, 7) is 0. The molecule has 9 aromatic rings. The third kappa shape index (κ3) is 4.41. The van der Waals surface area contributed by atoms with Gasteiger partial charge in [-0.2, -0.15) is 0 Å². The fourth-order valence-electron chi connectivity index (χ4n) is 6.64. The molecule has 0 atom stereocenters. The second kappa shape index (κ2) is 10.8. The van der Waals surface area contributed by atoms with Gasteiger partial charge in [0.2, 0.25) is 0 Å². The standard InChI is InChI=1S/C43H27N3/c1-2-12-28(13-3-1)41-38-22-8-9-23-40(38)45-43(46-41)32-17-11-15-30(27-32)29-14-10-16-31(26-29)39-25-24-37-35-20-5-4-18-33(35)34-19-6-7-21-36(34)42(37)44-39/h1-27H. The third-order valence-electron chi connectivity index (χ3n) is 8.85. The normalized spacial score (nSPS) is 11.5. The van der Waals surface area contributed by atoms with Gasteiger partial charge in [0.05, 0.1) is 22.4 Å². The molecule has 9 rings (SSSR count). The molecule has 0 N–H and O–H groups in total. The first-order valence-corrected chi connectivity index (χ1v) is 15.5. The quantitative estimate of drug-likeness (QED) is 0.193. The predicted octanol–water partition coefficient (Wildman–Crippen LogP) is 11.2. The lowest BCUT2D eigenvalue weighted by atomic mass is 9.96. The Morgan fingerprint density at radius 1 is 0.304 bits per heavy atom. The number of hydrogen-bond donors (Lipinski definition) is 0. The van der Waals surface area contributed by atoms with Crippen LogP contribution in [-0.4, -0.2) is 15.0 Å². The highest BCUT2D eigenvalue weighted by atomic mass is 14.9. The summed E-state index contributed by atoms with van der Waals surface area (Å²) >= 11 is 0. The van der Waals surface area contributed by atoms with Crippen molar-refractivity contribution in [3.63, 3.8) is 0 Å². The highest BCUT2D eigenvalue weighted by Crippen LogP contribution is 2.36. The van der Waals surface area contributed by atoms with Crippen molar-refractivity contribution in [3.05, 3.63) is 164 Å². The Balaban J connectivity index is 1.15. The Bertz CT molecular complexity index is 2550. The van der Waals surface area contributed by atoms with E-state index < -0.39 is 0 Å². The number of nitrogens with zero attached hydrogens (tertiary/aromatic N) is 3. The molecule has 0 aliphatic heterocycles. The van der Waals surface area contributed by atoms with Crippen LogP contribution in [0.5, 0.6) is 0 Å². The molecule has 0 spiro atoms. The Hall–Kier alpha value is -6.19. The van der Waals surface area contributed by atoms with Gasteiger partial charge in [-0.25, -0.2) is 15.0 Å². The van der Waals surface area contributed by atoms with Crippen LogP contribution >= 0.6 is 0 Å². The average molecular weight is 586 g/mol. The van der Waals surface area contributed by atoms with E-state index in [9.17, 15) is 0 Å². The maximum Gasteiger partial charge on any atom is 0.160 e. The Labute approximate surface area is 266 Å². The first kappa shape index (κ1) is 26.2. The summed E-state index contributed by atoms with van der Waals surface area (Å²) in [6, 6.07) is 57.3. The number of pyridine rings is 1. The zero-order chi connectivity index (χ0) is 30.5. The molecule has 0 unspecified atom stereocenters. The van der Waals surface area contributed by atoms with Gasteiger partial charge in [0, 0.05) is 32.8 Å². The van der Waals surface area contributed by atoms with Crippen LogP contribution in [0.25, 0.3) is 88.4 Å². The number of para-hydroxylation sites is 1. The van der Waals surface area contributed by atoms with E-state index in [1.807, 2.05) is 18.2 Å². The lowest BCUT2D eigenvalue weighted by Crippen LogP contribution is -1.95. The molecule has 0 bridgehead atoms. The Morgan fingerprint density at radius 3 is 1.57 bits per heavy atom. The largest absolute Gasteiger partial charge is 0.247 e. The van der Waals surface area contributed by atoms with Crippen LogP contribution in [0, 0.1) is 0 Å². The molecular weight excluding hydrogens is 558 g/mol. The predicted molar refractivity (Wildman–Crippen MR) is 192 cm³/mol. The van der Waals surface area contributed by atoms with Crippen LogP contribution in [0.3, 0.4) is 0 Å². The summed E-state index contributed by atoms with van der Waals surface area (Å²) in [5.74, 6) is 0.714. The molecule has 7 aromatic carbocycles. The summed E-state index contributed by atoms with van der Waals surface area (Å²) in [6.07, 6.45) is 0. The molecule has 0 amide bonds. The van der Waals surface area contributed by atoms with Gasteiger partial charge in [-0.15, -0.1) is 0 Å². The first-order valence-electron chi connectivity index (χ1n) is 15.5. The summed E-state index contributed by atoms with van der Waals surface area (Å²) in [5.41, 5.74) is 9.22. The van der Waals surface area contributed by atoms with Crippen molar-refractivity contribution in [1.82, 2.24) is 15.0 Å². The van der Waals surface area contributed by atoms with Crippen molar-refractivity contribution >= 4 is 43.4 Å². The van der Waals surface area contributed by atoms with Crippen LogP contribution in [0.2, 0.25) is 0 Å². The van der Waals surface area contributed by atoms with Crippen molar-refractivity contribution in [2.45, 2.75) is 0 Å². The molecule has 0 radical (unpaired) electrons. The van der Waals surface area contributed by atoms with Crippen LogP contribution in [0.4, 0.5) is 0 Å². The van der Waals surface area contributed by atoms with E-state index in [-0.39, 0.29) is 0 Å². The first-order chi connectivity index (χ1) is 22.8. The number of fused-ring (bicyclic) bond motifs is 7. The van der Waals surface area contributed by atoms with Crippen LogP contribution < -0.4 is 0 Å². The molecule has 2 aromatic heterocycles. The number of rotatable bonds is 4. The van der Waals surface area contributed by atoms with E-state index in [0.29, 0.717) is 5.82 Å². The van der Waals surface area contributed by atoms with Crippen molar-refractivity contribution in [3.8, 4) is 45.0 Å². The molecule has 3 heteroatoms. The van der Waals surface area contributed by atoms with E-state index in [4.69, 9.17) is 15.0 Å².